The molecule has 1 saturated carbocycles. The van der Waals surface area contributed by atoms with Crippen molar-refractivity contribution in [1.82, 2.24) is 10.5 Å². The molecular formula is C23H25ClN4O6S. The Kier molecular flexibility index (Phi) is 6.58. The molecule has 1 amide bonds. The number of carbonyl (C=O) groups excluding carboxylic acids is 1. The van der Waals surface area contributed by atoms with Gasteiger partial charge in [-0.2, -0.15) is 0 Å². The Labute approximate surface area is 207 Å². The van der Waals surface area contributed by atoms with Crippen molar-refractivity contribution >= 4 is 50.0 Å². The number of benzene rings is 1. The molecule has 5 rings (SSSR count). The second kappa shape index (κ2) is 9.65. The van der Waals surface area contributed by atoms with Gasteiger partial charge in [-0.25, -0.2) is 18.9 Å². The normalized spacial score (nSPS) is 17.0. The number of rotatable bonds is 8. The van der Waals surface area contributed by atoms with Gasteiger partial charge in [0.05, 0.1) is 21.7 Å². The lowest BCUT2D eigenvalue weighted by molar-refractivity contribution is 0.0304. The lowest BCUT2D eigenvalue weighted by atomic mass is 10.1. The first-order valence-electron chi connectivity index (χ1n) is 11.4. The van der Waals surface area contributed by atoms with E-state index in [-0.39, 0.29) is 28.0 Å². The van der Waals surface area contributed by atoms with E-state index in [0.29, 0.717) is 35.2 Å². The molecular weight excluding hydrogens is 496 g/mol. The summed E-state index contributed by atoms with van der Waals surface area (Å²) in [5.41, 5.74) is 1.94. The number of ether oxygens (including phenoxy) is 1. The maximum absolute atomic E-state index is 13.2. The van der Waals surface area contributed by atoms with Crippen molar-refractivity contribution in [3.63, 3.8) is 0 Å². The number of fused-ring (bicyclic) bond motifs is 1. The number of nitrogens with zero attached hydrogens (tertiary/aromatic N) is 2. The van der Waals surface area contributed by atoms with E-state index in [2.05, 4.69) is 9.71 Å². The van der Waals surface area contributed by atoms with Gasteiger partial charge >= 0.3 is 5.91 Å². The lowest BCUT2D eigenvalue weighted by Crippen LogP contribution is -2.38. The predicted molar refractivity (Wildman–Crippen MR) is 129 cm³/mol. The highest BCUT2D eigenvalue weighted by molar-refractivity contribution is 7.92. The topological polar surface area (TPSA) is 134 Å². The van der Waals surface area contributed by atoms with Gasteiger partial charge in [-0.3, -0.25) is 14.7 Å². The number of hydrogen-bond donors (Lipinski definition) is 3. The molecule has 1 saturated heterocycles. The highest BCUT2D eigenvalue weighted by Gasteiger charge is 2.27. The largest absolute Gasteiger partial charge is 0.451 e. The number of piperidine rings is 1. The van der Waals surface area contributed by atoms with Crippen LogP contribution in [0.5, 0.6) is 0 Å². The zero-order valence-electron chi connectivity index (χ0n) is 18.7. The van der Waals surface area contributed by atoms with Crippen LogP contribution in [0.1, 0.15) is 36.2 Å². The Morgan fingerprint density at radius 2 is 1.97 bits per heavy atom. The molecule has 3 N–H and O–H groups in total. The first-order chi connectivity index (χ1) is 16.8. The molecule has 1 aromatic carbocycles. The van der Waals surface area contributed by atoms with Crippen molar-refractivity contribution in [1.29, 1.82) is 0 Å². The Hall–Kier alpha value is -2.86. The fourth-order valence-electron chi connectivity index (χ4n) is 4.10. The van der Waals surface area contributed by atoms with Crippen molar-refractivity contribution < 1.29 is 27.6 Å². The van der Waals surface area contributed by atoms with E-state index in [9.17, 15) is 13.2 Å². The van der Waals surface area contributed by atoms with Gasteiger partial charge in [0.2, 0.25) is 0 Å². The number of carbonyl (C=O) groups is 1. The van der Waals surface area contributed by atoms with Crippen LogP contribution in [0.15, 0.2) is 45.8 Å². The van der Waals surface area contributed by atoms with Gasteiger partial charge in [-0.1, -0.05) is 11.6 Å². The molecule has 0 spiro atoms. The van der Waals surface area contributed by atoms with Gasteiger partial charge in [0.1, 0.15) is 5.58 Å². The average Bonchev–Trinajstić information content (AvgIpc) is 3.58. The summed E-state index contributed by atoms with van der Waals surface area (Å²) in [6, 6.07) is 7.17. The quantitative estimate of drug-likeness (QED) is 0.301. The van der Waals surface area contributed by atoms with Crippen LogP contribution < -0.4 is 15.1 Å². The number of halogens is 1. The highest BCUT2D eigenvalue weighted by Crippen LogP contribution is 2.33. The Bertz CT molecular complexity index is 1350. The molecule has 2 aliphatic rings. The SMILES string of the molecule is O=C(NO)c1cc2ccc(S(=O)(=O)Nc3cc(Cl)cnc3N3CCC(OCC4CC4)CC3)cc2o1. The van der Waals surface area contributed by atoms with Crippen LogP contribution >= 0.6 is 11.6 Å². The second-order valence-corrected chi connectivity index (χ2v) is 11.0. The number of furan rings is 1. The van der Waals surface area contributed by atoms with Crippen molar-refractivity contribution in [2.24, 2.45) is 5.92 Å². The smallest absolute Gasteiger partial charge is 0.310 e. The highest BCUT2D eigenvalue weighted by atomic mass is 35.5. The summed E-state index contributed by atoms with van der Waals surface area (Å²) in [6.45, 7) is 2.20. The standard InChI is InChI=1S/C23H25ClN4O6S/c24-16-10-19(22(25-12-16)28-7-5-17(6-8-28)33-13-14-1-2-14)27-35(31,32)18-4-3-15-9-21(23(29)26-30)34-20(15)11-18/h3-4,9-12,14,17,27,30H,1-2,5-8,13H2,(H,26,29). The monoisotopic (exact) mass is 520 g/mol. The molecule has 35 heavy (non-hydrogen) atoms. The molecule has 1 aliphatic carbocycles. The molecule has 3 aromatic rings. The van der Waals surface area contributed by atoms with Gasteiger partial charge in [0.25, 0.3) is 10.0 Å². The summed E-state index contributed by atoms with van der Waals surface area (Å²) >= 11 is 6.15. The Morgan fingerprint density at radius 3 is 2.69 bits per heavy atom. The Morgan fingerprint density at radius 1 is 1.20 bits per heavy atom. The third-order valence-electron chi connectivity index (χ3n) is 6.21. The number of aromatic nitrogens is 1. The molecule has 10 nitrogen and oxygen atoms in total. The number of amides is 1. The fourth-order valence-corrected chi connectivity index (χ4v) is 5.32. The van der Waals surface area contributed by atoms with E-state index < -0.39 is 15.9 Å². The van der Waals surface area contributed by atoms with E-state index in [1.54, 1.807) is 0 Å². The number of pyridine rings is 1. The van der Waals surface area contributed by atoms with Gasteiger partial charge in [-0.15, -0.1) is 0 Å². The lowest BCUT2D eigenvalue weighted by Gasteiger charge is -2.33. The number of hydrogen-bond acceptors (Lipinski definition) is 8. The number of sulfonamides is 1. The molecule has 0 bridgehead atoms. The van der Waals surface area contributed by atoms with Crippen LogP contribution in [-0.2, 0) is 14.8 Å². The first-order valence-corrected chi connectivity index (χ1v) is 13.2. The van der Waals surface area contributed by atoms with E-state index in [4.69, 9.17) is 26.0 Å². The molecule has 1 aliphatic heterocycles. The van der Waals surface area contributed by atoms with E-state index in [0.717, 1.165) is 19.4 Å². The summed E-state index contributed by atoms with van der Waals surface area (Å²) in [4.78, 5) is 18.0. The number of hydroxylamine groups is 1. The predicted octanol–water partition coefficient (Wildman–Crippen LogP) is 3.80. The minimum atomic E-state index is -4.03. The third-order valence-corrected chi connectivity index (χ3v) is 7.78. The van der Waals surface area contributed by atoms with Gasteiger partial charge < -0.3 is 14.1 Å². The third kappa shape index (κ3) is 5.37. The zero-order chi connectivity index (χ0) is 24.6. The summed E-state index contributed by atoms with van der Waals surface area (Å²) < 4.78 is 40.4. The number of nitrogens with one attached hydrogen (secondary N) is 2. The molecule has 3 heterocycles. The molecule has 0 atom stereocenters. The summed E-state index contributed by atoms with van der Waals surface area (Å²) in [6.07, 6.45) is 5.88. The van der Waals surface area contributed by atoms with Crippen molar-refractivity contribution in [3.05, 3.63) is 47.3 Å². The summed E-state index contributed by atoms with van der Waals surface area (Å²) in [7, 11) is -4.03. The molecule has 0 radical (unpaired) electrons. The molecule has 186 valence electrons. The van der Waals surface area contributed by atoms with Gasteiger partial charge in [0.15, 0.2) is 11.6 Å². The van der Waals surface area contributed by atoms with Crippen molar-refractivity contribution in [3.8, 4) is 0 Å². The molecule has 2 aromatic heterocycles. The maximum atomic E-state index is 13.2. The van der Waals surface area contributed by atoms with E-state index >= 15 is 0 Å². The summed E-state index contributed by atoms with van der Waals surface area (Å²) in [5.74, 6) is 0.237. The second-order valence-electron chi connectivity index (χ2n) is 8.84. The summed E-state index contributed by atoms with van der Waals surface area (Å²) in [5, 5.41) is 9.60. The number of anilines is 2. The van der Waals surface area contributed by atoms with Crippen LogP contribution in [0.4, 0.5) is 11.5 Å². The van der Waals surface area contributed by atoms with Crippen LogP contribution in [0, 0.1) is 5.92 Å². The van der Waals surface area contributed by atoms with E-state index in [1.807, 2.05) is 4.90 Å². The maximum Gasteiger partial charge on any atom is 0.310 e. The van der Waals surface area contributed by atoms with Crippen LogP contribution in [0.2, 0.25) is 5.02 Å². The minimum absolute atomic E-state index is 0.0617. The molecule has 0 unspecified atom stereocenters. The minimum Gasteiger partial charge on any atom is -0.451 e. The molecule has 12 heteroatoms. The fraction of sp³-hybridized carbons (Fsp3) is 0.391. The van der Waals surface area contributed by atoms with Crippen LogP contribution in [0.3, 0.4) is 0 Å². The van der Waals surface area contributed by atoms with Crippen molar-refractivity contribution in [2.75, 3.05) is 29.3 Å². The van der Waals surface area contributed by atoms with Gasteiger partial charge in [-0.05, 0) is 55.9 Å². The van der Waals surface area contributed by atoms with Crippen LogP contribution in [0.25, 0.3) is 11.0 Å². The van der Waals surface area contributed by atoms with Crippen LogP contribution in [-0.4, -0.2) is 50.3 Å². The van der Waals surface area contributed by atoms with Gasteiger partial charge in [0, 0.05) is 37.3 Å². The van der Waals surface area contributed by atoms with E-state index in [1.165, 1.54) is 54.9 Å². The average molecular weight is 521 g/mol. The first kappa shape index (κ1) is 23.9. The van der Waals surface area contributed by atoms with Crippen molar-refractivity contribution in [2.45, 2.75) is 36.7 Å². The molecule has 2 fully saturated rings. The zero-order valence-corrected chi connectivity index (χ0v) is 20.3. The Balaban J connectivity index is 1.34.